The molecular formula is C12H17Cl2NO3S. The molecule has 7 heteroatoms. The van der Waals surface area contributed by atoms with E-state index in [-0.39, 0.29) is 24.2 Å². The van der Waals surface area contributed by atoms with Crippen LogP contribution in [0.4, 0.5) is 0 Å². The zero-order chi connectivity index (χ0) is 14.6. The van der Waals surface area contributed by atoms with Gasteiger partial charge in [-0.3, -0.25) is 0 Å². The Morgan fingerprint density at radius 2 is 1.95 bits per heavy atom. The van der Waals surface area contributed by atoms with Crippen LogP contribution in [0.25, 0.3) is 0 Å². The summed E-state index contributed by atoms with van der Waals surface area (Å²) in [5.74, 6) is 0.235. The van der Waals surface area contributed by atoms with Gasteiger partial charge in [0.1, 0.15) is 10.8 Å². The molecule has 0 spiro atoms. The highest BCUT2D eigenvalue weighted by molar-refractivity contribution is 7.89. The van der Waals surface area contributed by atoms with Gasteiger partial charge in [0.15, 0.2) is 0 Å². The molecule has 0 aliphatic carbocycles. The van der Waals surface area contributed by atoms with Gasteiger partial charge in [0.05, 0.1) is 17.4 Å². The van der Waals surface area contributed by atoms with Crippen molar-refractivity contribution in [2.45, 2.75) is 13.8 Å². The van der Waals surface area contributed by atoms with Gasteiger partial charge >= 0.3 is 0 Å². The molecular weight excluding hydrogens is 309 g/mol. The van der Waals surface area contributed by atoms with Crippen LogP contribution >= 0.6 is 23.2 Å². The lowest BCUT2D eigenvalue weighted by atomic mass is 9.99. The fraction of sp³-hybridized carbons (Fsp3) is 0.500. The SMILES string of the molecule is CC(C)C(COc1cccc(Cl)c1Cl)CS(N)(=O)=O. The molecule has 2 N–H and O–H groups in total. The van der Waals surface area contributed by atoms with Gasteiger partial charge in [0.2, 0.25) is 10.0 Å². The molecule has 0 heterocycles. The molecule has 1 unspecified atom stereocenters. The summed E-state index contributed by atoms with van der Waals surface area (Å²) in [4.78, 5) is 0. The van der Waals surface area contributed by atoms with E-state index < -0.39 is 10.0 Å². The van der Waals surface area contributed by atoms with Gasteiger partial charge in [0, 0.05) is 5.92 Å². The summed E-state index contributed by atoms with van der Waals surface area (Å²) in [5.41, 5.74) is 0. The number of benzene rings is 1. The van der Waals surface area contributed by atoms with Crippen LogP contribution in [0.3, 0.4) is 0 Å². The molecule has 0 aliphatic heterocycles. The molecule has 108 valence electrons. The first-order chi connectivity index (χ1) is 8.70. The molecule has 1 aromatic rings. The second-order valence-electron chi connectivity index (χ2n) is 4.70. The second kappa shape index (κ2) is 6.79. The van der Waals surface area contributed by atoms with Crippen LogP contribution in [-0.2, 0) is 10.0 Å². The number of hydrogen-bond donors (Lipinski definition) is 1. The predicted molar refractivity (Wildman–Crippen MR) is 78.3 cm³/mol. The Hall–Kier alpha value is -0.490. The third-order valence-corrected chi connectivity index (χ3v) is 4.45. The highest BCUT2D eigenvalue weighted by Crippen LogP contribution is 2.32. The highest BCUT2D eigenvalue weighted by Gasteiger charge is 2.20. The summed E-state index contributed by atoms with van der Waals surface area (Å²) in [6, 6.07) is 5.05. The van der Waals surface area contributed by atoms with Crippen molar-refractivity contribution in [3.63, 3.8) is 0 Å². The first-order valence-corrected chi connectivity index (χ1v) is 8.25. The van der Waals surface area contributed by atoms with Crippen molar-refractivity contribution in [3.8, 4) is 5.75 Å². The van der Waals surface area contributed by atoms with Crippen LogP contribution < -0.4 is 9.88 Å². The molecule has 0 aliphatic rings. The molecule has 0 saturated heterocycles. The molecule has 0 fully saturated rings. The van der Waals surface area contributed by atoms with Crippen LogP contribution in [-0.4, -0.2) is 20.8 Å². The van der Waals surface area contributed by atoms with Gasteiger partial charge in [0.25, 0.3) is 0 Å². The lowest BCUT2D eigenvalue weighted by molar-refractivity contribution is 0.225. The molecule has 0 aromatic heterocycles. The molecule has 0 radical (unpaired) electrons. The smallest absolute Gasteiger partial charge is 0.209 e. The molecule has 1 atom stereocenters. The maximum Gasteiger partial charge on any atom is 0.209 e. The van der Waals surface area contributed by atoms with Crippen molar-refractivity contribution in [1.29, 1.82) is 0 Å². The summed E-state index contributed by atoms with van der Waals surface area (Å²) in [6.45, 7) is 4.05. The second-order valence-corrected chi connectivity index (χ2v) is 7.14. The van der Waals surface area contributed by atoms with E-state index in [1.54, 1.807) is 18.2 Å². The van der Waals surface area contributed by atoms with Crippen molar-refractivity contribution in [1.82, 2.24) is 0 Å². The van der Waals surface area contributed by atoms with Gasteiger partial charge in [-0.25, -0.2) is 13.6 Å². The first-order valence-electron chi connectivity index (χ1n) is 5.78. The van der Waals surface area contributed by atoms with Crippen molar-refractivity contribution in [3.05, 3.63) is 28.2 Å². The van der Waals surface area contributed by atoms with E-state index in [1.807, 2.05) is 13.8 Å². The van der Waals surface area contributed by atoms with Gasteiger partial charge in [-0.1, -0.05) is 43.1 Å². The van der Waals surface area contributed by atoms with E-state index in [4.69, 9.17) is 33.1 Å². The Kier molecular flexibility index (Phi) is 5.92. The van der Waals surface area contributed by atoms with Crippen molar-refractivity contribution in [2.75, 3.05) is 12.4 Å². The average Bonchev–Trinajstić information content (AvgIpc) is 2.27. The Labute approximate surface area is 123 Å². The monoisotopic (exact) mass is 325 g/mol. The van der Waals surface area contributed by atoms with Crippen LogP contribution in [0, 0.1) is 11.8 Å². The van der Waals surface area contributed by atoms with Crippen LogP contribution in [0.15, 0.2) is 18.2 Å². The third kappa shape index (κ3) is 5.57. The minimum atomic E-state index is -3.53. The molecule has 1 rings (SSSR count). The summed E-state index contributed by atoms with van der Waals surface area (Å²) in [5, 5.41) is 5.78. The van der Waals surface area contributed by atoms with E-state index >= 15 is 0 Å². The van der Waals surface area contributed by atoms with Crippen LogP contribution in [0.5, 0.6) is 5.75 Å². The highest BCUT2D eigenvalue weighted by atomic mass is 35.5. The number of sulfonamides is 1. The molecule has 0 amide bonds. The normalized spacial score (nSPS) is 13.6. The van der Waals surface area contributed by atoms with E-state index in [2.05, 4.69) is 0 Å². The molecule has 4 nitrogen and oxygen atoms in total. The zero-order valence-electron chi connectivity index (χ0n) is 10.8. The minimum absolute atomic E-state index is 0.122. The number of ether oxygens (including phenoxy) is 1. The van der Waals surface area contributed by atoms with E-state index in [1.165, 1.54) is 0 Å². The summed E-state index contributed by atoms with van der Waals surface area (Å²) in [6.07, 6.45) is 0. The van der Waals surface area contributed by atoms with Crippen molar-refractivity contribution in [2.24, 2.45) is 17.0 Å². The van der Waals surface area contributed by atoms with E-state index in [0.717, 1.165) is 0 Å². The third-order valence-electron chi connectivity index (χ3n) is 2.76. The fourth-order valence-corrected chi connectivity index (χ4v) is 2.95. The molecule has 0 bridgehead atoms. The molecule has 19 heavy (non-hydrogen) atoms. The van der Waals surface area contributed by atoms with E-state index in [0.29, 0.717) is 15.8 Å². The number of halogens is 2. The minimum Gasteiger partial charge on any atom is -0.492 e. The van der Waals surface area contributed by atoms with Crippen molar-refractivity contribution < 1.29 is 13.2 Å². The summed E-state index contributed by atoms with van der Waals surface area (Å²) >= 11 is 11.9. The number of nitrogens with two attached hydrogens (primary N) is 1. The van der Waals surface area contributed by atoms with Gasteiger partial charge in [-0.15, -0.1) is 0 Å². The zero-order valence-corrected chi connectivity index (χ0v) is 13.1. The number of hydrogen-bond acceptors (Lipinski definition) is 3. The van der Waals surface area contributed by atoms with E-state index in [9.17, 15) is 8.42 Å². The summed E-state index contributed by atoms with van der Waals surface area (Å²) < 4.78 is 27.9. The quantitative estimate of drug-likeness (QED) is 0.874. The Morgan fingerprint density at radius 3 is 2.47 bits per heavy atom. The Balaban J connectivity index is 2.74. The molecule has 1 aromatic carbocycles. The van der Waals surface area contributed by atoms with Gasteiger partial charge < -0.3 is 4.74 Å². The predicted octanol–water partition coefficient (Wildman–Crippen LogP) is 2.93. The number of rotatable bonds is 6. The lowest BCUT2D eigenvalue weighted by Gasteiger charge is -2.20. The van der Waals surface area contributed by atoms with Crippen molar-refractivity contribution >= 4 is 33.2 Å². The van der Waals surface area contributed by atoms with Gasteiger partial charge in [-0.2, -0.15) is 0 Å². The number of primary sulfonamides is 1. The maximum atomic E-state index is 11.2. The van der Waals surface area contributed by atoms with Gasteiger partial charge in [-0.05, 0) is 18.1 Å². The maximum absolute atomic E-state index is 11.2. The molecule has 0 saturated carbocycles. The standard InChI is InChI=1S/C12H17Cl2NO3S/c1-8(2)9(7-19(15,16)17)6-18-11-5-3-4-10(13)12(11)14/h3-5,8-9H,6-7H2,1-2H3,(H2,15,16,17). The van der Waals surface area contributed by atoms with Crippen LogP contribution in [0.1, 0.15) is 13.8 Å². The first kappa shape index (κ1) is 16.6. The van der Waals surface area contributed by atoms with Crippen LogP contribution in [0.2, 0.25) is 10.0 Å². The largest absolute Gasteiger partial charge is 0.492 e. The Morgan fingerprint density at radius 1 is 1.32 bits per heavy atom. The summed E-state index contributed by atoms with van der Waals surface area (Å²) in [7, 11) is -3.53. The lowest BCUT2D eigenvalue weighted by Crippen LogP contribution is -2.30. The Bertz CT molecular complexity index is 532. The topological polar surface area (TPSA) is 69.4 Å². The fourth-order valence-electron chi connectivity index (χ4n) is 1.52. The average molecular weight is 326 g/mol.